The van der Waals surface area contributed by atoms with Gasteiger partial charge < -0.3 is 9.47 Å². The highest BCUT2D eigenvalue weighted by atomic mass is 16.6. The molecule has 0 radical (unpaired) electrons. The fraction of sp³-hybridized carbons (Fsp3) is 0.0566. The van der Waals surface area contributed by atoms with Gasteiger partial charge in [-0.15, -0.1) is 0 Å². The lowest BCUT2D eigenvalue weighted by molar-refractivity contribution is 0.361. The lowest BCUT2D eigenvalue weighted by Crippen LogP contribution is -2.15. The second kappa shape index (κ2) is 12.9. The Kier molecular flexibility index (Phi) is 7.48. The van der Waals surface area contributed by atoms with Crippen molar-refractivity contribution in [2.24, 2.45) is 0 Å². The van der Waals surface area contributed by atoms with Crippen molar-refractivity contribution in [3.8, 4) is 90.3 Å². The number of ether oxygens (including phenoxy) is 2. The summed E-state index contributed by atoms with van der Waals surface area (Å²) < 4.78 is 13.6. The van der Waals surface area contributed by atoms with Gasteiger partial charge >= 0.3 is 0 Å². The number of fused-ring (bicyclic) bond motifs is 7. The summed E-state index contributed by atoms with van der Waals surface area (Å²) in [6, 6.07) is 63.4. The van der Waals surface area contributed by atoms with E-state index in [9.17, 15) is 0 Å². The molecule has 0 fully saturated rings. The molecule has 9 aromatic rings. The van der Waals surface area contributed by atoms with Crippen LogP contribution in [0, 0.1) is 0 Å². The van der Waals surface area contributed by atoms with Gasteiger partial charge in [0.15, 0.2) is 28.8 Å². The topological polar surface area (TPSA) is 44.2 Å². The largest absolute Gasteiger partial charge is 0.449 e. The molecule has 4 nitrogen and oxygen atoms in total. The molecule has 2 heterocycles. The third-order valence-electron chi connectivity index (χ3n) is 11.6. The van der Waals surface area contributed by atoms with Gasteiger partial charge in [0.1, 0.15) is 0 Å². The Bertz CT molecular complexity index is 3040. The summed E-state index contributed by atoms with van der Waals surface area (Å²) in [5.74, 6) is 3.56. The van der Waals surface area contributed by atoms with Crippen molar-refractivity contribution in [1.29, 1.82) is 0 Å². The third-order valence-corrected chi connectivity index (χ3v) is 11.6. The van der Waals surface area contributed by atoms with Crippen molar-refractivity contribution in [1.82, 2.24) is 9.97 Å². The monoisotopic (exact) mass is 732 g/mol. The van der Waals surface area contributed by atoms with Gasteiger partial charge in [-0.3, -0.25) is 0 Å². The van der Waals surface area contributed by atoms with Crippen LogP contribution in [0.15, 0.2) is 182 Å². The minimum absolute atomic E-state index is 0.132. The second-order valence-electron chi connectivity index (χ2n) is 15.3. The van der Waals surface area contributed by atoms with Gasteiger partial charge in [-0.2, -0.15) is 0 Å². The molecule has 0 atom stereocenters. The highest BCUT2D eigenvalue weighted by Gasteiger charge is 2.39. The number of benzene rings is 8. The highest BCUT2D eigenvalue weighted by Crippen LogP contribution is 2.59. The minimum atomic E-state index is -0.132. The molecule has 11 rings (SSSR count). The lowest BCUT2D eigenvalue weighted by atomic mass is 9.82. The van der Waals surface area contributed by atoms with Crippen LogP contribution < -0.4 is 9.47 Å². The zero-order valence-corrected chi connectivity index (χ0v) is 31.5. The van der Waals surface area contributed by atoms with Gasteiger partial charge in [-0.05, 0) is 68.4 Å². The van der Waals surface area contributed by atoms with E-state index in [4.69, 9.17) is 19.4 Å². The predicted octanol–water partition coefficient (Wildman–Crippen LogP) is 14.2. The molecule has 0 spiro atoms. The zero-order chi connectivity index (χ0) is 38.1. The number of hydrogen-bond donors (Lipinski definition) is 0. The van der Waals surface area contributed by atoms with Crippen LogP contribution in [-0.4, -0.2) is 9.97 Å². The number of aromatic nitrogens is 2. The first-order valence-corrected chi connectivity index (χ1v) is 19.4. The van der Waals surface area contributed by atoms with Gasteiger partial charge in [-0.1, -0.05) is 172 Å². The molecule has 0 saturated heterocycles. The Morgan fingerprint density at radius 2 is 0.982 bits per heavy atom. The molecule has 4 heteroatoms. The molecule has 0 N–H and O–H groups in total. The quantitative estimate of drug-likeness (QED) is 0.177. The molecular formula is C53H36N2O2. The summed E-state index contributed by atoms with van der Waals surface area (Å²) in [7, 11) is 0. The summed E-state index contributed by atoms with van der Waals surface area (Å²) in [6.45, 7) is 4.56. The first kappa shape index (κ1) is 33.1. The van der Waals surface area contributed by atoms with Crippen LogP contribution >= 0.6 is 0 Å². The van der Waals surface area contributed by atoms with Crippen molar-refractivity contribution >= 4 is 10.8 Å². The van der Waals surface area contributed by atoms with Crippen molar-refractivity contribution < 1.29 is 9.47 Å². The Morgan fingerprint density at radius 3 is 1.81 bits per heavy atom. The molecule has 0 unspecified atom stereocenters. The summed E-state index contributed by atoms with van der Waals surface area (Å²) in [5.41, 5.74) is 13.7. The van der Waals surface area contributed by atoms with E-state index in [0.717, 1.165) is 61.7 Å². The second-order valence-corrected chi connectivity index (χ2v) is 15.3. The zero-order valence-electron chi connectivity index (χ0n) is 31.5. The smallest absolute Gasteiger partial charge is 0.178 e. The van der Waals surface area contributed by atoms with Gasteiger partial charge in [0.05, 0.1) is 11.4 Å². The molecule has 1 aliphatic carbocycles. The fourth-order valence-electron chi connectivity index (χ4n) is 8.76. The summed E-state index contributed by atoms with van der Waals surface area (Å²) in [5, 5.41) is 2.32. The van der Waals surface area contributed by atoms with Gasteiger partial charge in [0.2, 0.25) is 0 Å². The van der Waals surface area contributed by atoms with Crippen LogP contribution in [0.1, 0.15) is 25.0 Å². The van der Waals surface area contributed by atoms with E-state index in [2.05, 4.69) is 166 Å². The van der Waals surface area contributed by atoms with Crippen molar-refractivity contribution in [2.45, 2.75) is 19.3 Å². The Labute approximate surface area is 331 Å². The van der Waals surface area contributed by atoms with Crippen LogP contribution in [0.25, 0.3) is 78.1 Å². The fourth-order valence-corrected chi connectivity index (χ4v) is 8.76. The van der Waals surface area contributed by atoms with Crippen LogP contribution in [0.3, 0.4) is 0 Å². The molecule has 0 bridgehead atoms. The Hall–Kier alpha value is -7.30. The number of nitrogens with zero attached hydrogens (tertiary/aromatic N) is 2. The maximum Gasteiger partial charge on any atom is 0.178 e. The molecular weight excluding hydrogens is 697 g/mol. The maximum absolute atomic E-state index is 6.80. The lowest BCUT2D eigenvalue weighted by Gasteiger charge is -2.26. The molecule has 2 aliphatic rings. The molecule has 1 aliphatic heterocycles. The van der Waals surface area contributed by atoms with E-state index in [0.29, 0.717) is 17.3 Å². The number of para-hydroxylation sites is 1. The van der Waals surface area contributed by atoms with Crippen LogP contribution in [0.2, 0.25) is 0 Å². The van der Waals surface area contributed by atoms with E-state index < -0.39 is 0 Å². The van der Waals surface area contributed by atoms with Crippen molar-refractivity contribution in [3.63, 3.8) is 0 Å². The van der Waals surface area contributed by atoms with Crippen molar-refractivity contribution in [3.05, 3.63) is 193 Å². The Morgan fingerprint density at radius 1 is 0.386 bits per heavy atom. The Balaban J connectivity index is 1.02. The molecule has 0 amide bonds. The molecule has 0 saturated carbocycles. The van der Waals surface area contributed by atoms with Gasteiger partial charge in [0.25, 0.3) is 0 Å². The maximum atomic E-state index is 6.80. The van der Waals surface area contributed by atoms with E-state index in [1.165, 1.54) is 33.2 Å². The normalized spacial score (nSPS) is 13.2. The first-order valence-electron chi connectivity index (χ1n) is 19.4. The average molecular weight is 733 g/mol. The number of hydrogen-bond acceptors (Lipinski definition) is 4. The van der Waals surface area contributed by atoms with Crippen LogP contribution in [0.5, 0.6) is 23.0 Å². The van der Waals surface area contributed by atoms with E-state index in [1.54, 1.807) is 0 Å². The van der Waals surface area contributed by atoms with E-state index >= 15 is 0 Å². The summed E-state index contributed by atoms with van der Waals surface area (Å²) >= 11 is 0. The van der Waals surface area contributed by atoms with Gasteiger partial charge in [-0.25, -0.2) is 9.97 Å². The van der Waals surface area contributed by atoms with Gasteiger partial charge in [0, 0.05) is 33.2 Å². The molecule has 270 valence electrons. The molecule has 57 heavy (non-hydrogen) atoms. The van der Waals surface area contributed by atoms with Crippen molar-refractivity contribution in [2.75, 3.05) is 0 Å². The summed E-state index contributed by atoms with van der Waals surface area (Å²) in [6.07, 6.45) is 0. The summed E-state index contributed by atoms with van der Waals surface area (Å²) in [4.78, 5) is 10.4. The van der Waals surface area contributed by atoms with Crippen LogP contribution in [0.4, 0.5) is 0 Å². The van der Waals surface area contributed by atoms with E-state index in [1.807, 2.05) is 30.3 Å². The van der Waals surface area contributed by atoms with E-state index in [-0.39, 0.29) is 5.41 Å². The SMILES string of the molecule is CC1(C)c2ccccc2-c2c1ccc1c2Oc2cccc(-c3cccc(-c4cc(-c5ccc(-c6ccccc6)c6ccccc56)nc(-c5ccccc5)n4)c3)c2O1. The molecule has 1 aromatic heterocycles. The standard InChI is InChI=1S/C53H36N2O2/c1-53(2)43-25-12-11-23-42(43)49-44(53)29-30-48-51(49)57-47-26-14-24-38(50(47)56-48)35-19-13-20-36(31-35)45-32-46(55-52(54-45)34-17-7-4-8-18-34)41-28-27-37(33-15-5-3-6-16-33)39-21-9-10-22-40(39)41/h3-32H,1-2H3. The van der Waals surface area contributed by atoms with Crippen LogP contribution in [-0.2, 0) is 5.41 Å². The average Bonchev–Trinajstić information content (AvgIpc) is 3.51. The predicted molar refractivity (Wildman–Crippen MR) is 231 cm³/mol. The molecule has 8 aromatic carbocycles. The first-order chi connectivity index (χ1) is 28.0. The minimum Gasteiger partial charge on any atom is -0.449 e. The third kappa shape index (κ3) is 5.37. The number of rotatable bonds is 5. The highest BCUT2D eigenvalue weighted by molar-refractivity contribution is 6.05.